The molecule has 0 spiro atoms. The predicted octanol–water partition coefficient (Wildman–Crippen LogP) is 3.96. The molecule has 0 aliphatic heterocycles. The first-order chi connectivity index (χ1) is 7.10. The summed E-state index contributed by atoms with van der Waals surface area (Å²) in [4.78, 5) is 0. The maximum atomic E-state index is 5.98. The molecule has 0 amide bonds. The molecule has 0 radical (unpaired) electrons. The van der Waals surface area contributed by atoms with E-state index >= 15 is 0 Å². The standard InChI is InChI=1S/C12H28O2Si/c1-6-10-15(13-7-2,14-8-3)11-9-12(4)5/h12H,6-11H2,1-5H3. The van der Waals surface area contributed by atoms with Gasteiger partial charge in [0.15, 0.2) is 0 Å². The van der Waals surface area contributed by atoms with Gasteiger partial charge in [-0.25, -0.2) is 0 Å². The van der Waals surface area contributed by atoms with Gasteiger partial charge in [0.05, 0.1) is 0 Å². The molecule has 0 rings (SSSR count). The summed E-state index contributed by atoms with van der Waals surface area (Å²) < 4.78 is 12.0. The van der Waals surface area contributed by atoms with Gasteiger partial charge in [-0.15, -0.1) is 0 Å². The molecule has 0 fully saturated rings. The first-order valence-corrected chi connectivity index (χ1v) is 8.61. The van der Waals surface area contributed by atoms with Crippen molar-refractivity contribution in [2.24, 2.45) is 5.92 Å². The molecule has 92 valence electrons. The van der Waals surface area contributed by atoms with Crippen molar-refractivity contribution in [2.75, 3.05) is 13.2 Å². The fourth-order valence-corrected chi connectivity index (χ4v) is 5.61. The first-order valence-electron chi connectivity index (χ1n) is 6.38. The number of hydrogen-bond donors (Lipinski definition) is 0. The zero-order valence-corrected chi connectivity index (χ0v) is 12.1. The van der Waals surface area contributed by atoms with Crippen LogP contribution in [0.15, 0.2) is 0 Å². The monoisotopic (exact) mass is 232 g/mol. The Morgan fingerprint density at radius 1 is 0.933 bits per heavy atom. The molecule has 15 heavy (non-hydrogen) atoms. The van der Waals surface area contributed by atoms with Gasteiger partial charge >= 0.3 is 8.56 Å². The van der Waals surface area contributed by atoms with Crippen LogP contribution in [-0.2, 0) is 8.85 Å². The van der Waals surface area contributed by atoms with Gasteiger partial charge in [-0.3, -0.25) is 0 Å². The van der Waals surface area contributed by atoms with Crippen molar-refractivity contribution in [1.82, 2.24) is 0 Å². The Morgan fingerprint density at radius 2 is 1.47 bits per heavy atom. The molecule has 2 nitrogen and oxygen atoms in total. The molecule has 3 heteroatoms. The van der Waals surface area contributed by atoms with Gasteiger partial charge in [0.1, 0.15) is 0 Å². The van der Waals surface area contributed by atoms with Crippen LogP contribution in [-0.4, -0.2) is 21.8 Å². The summed E-state index contributed by atoms with van der Waals surface area (Å²) in [6, 6.07) is 2.29. The summed E-state index contributed by atoms with van der Waals surface area (Å²) in [7, 11) is -1.86. The lowest BCUT2D eigenvalue weighted by molar-refractivity contribution is 0.180. The Balaban J connectivity index is 4.31. The van der Waals surface area contributed by atoms with Crippen LogP contribution >= 0.6 is 0 Å². The average molecular weight is 232 g/mol. The summed E-state index contributed by atoms with van der Waals surface area (Å²) in [5, 5.41) is 0. The zero-order valence-electron chi connectivity index (χ0n) is 11.1. The van der Waals surface area contributed by atoms with E-state index in [0.717, 1.165) is 31.2 Å². The minimum absolute atomic E-state index is 0.745. The zero-order chi connectivity index (χ0) is 11.7. The van der Waals surface area contributed by atoms with Gasteiger partial charge in [0.2, 0.25) is 0 Å². The van der Waals surface area contributed by atoms with Crippen LogP contribution in [0.1, 0.15) is 47.5 Å². The molecule has 0 aromatic carbocycles. The van der Waals surface area contributed by atoms with Gasteiger partial charge in [-0.05, 0) is 38.3 Å². The molecule has 0 heterocycles. The van der Waals surface area contributed by atoms with Crippen LogP contribution in [0.5, 0.6) is 0 Å². The Labute approximate surface area is 96.6 Å². The van der Waals surface area contributed by atoms with Crippen LogP contribution in [0.25, 0.3) is 0 Å². The molecule has 0 atom stereocenters. The molecule has 0 saturated carbocycles. The van der Waals surface area contributed by atoms with E-state index in [4.69, 9.17) is 8.85 Å². The van der Waals surface area contributed by atoms with Crippen molar-refractivity contribution in [3.63, 3.8) is 0 Å². The molecule has 0 aliphatic carbocycles. The summed E-state index contributed by atoms with van der Waals surface area (Å²) in [5.41, 5.74) is 0. The van der Waals surface area contributed by atoms with Crippen molar-refractivity contribution in [3.05, 3.63) is 0 Å². The van der Waals surface area contributed by atoms with Gasteiger partial charge in [-0.2, -0.15) is 0 Å². The van der Waals surface area contributed by atoms with Gasteiger partial charge < -0.3 is 8.85 Å². The molecule has 0 aliphatic rings. The normalized spacial score (nSPS) is 12.4. The third-order valence-corrected chi connectivity index (χ3v) is 6.49. The summed E-state index contributed by atoms with van der Waals surface area (Å²) >= 11 is 0. The largest absolute Gasteiger partial charge is 0.394 e. The maximum Gasteiger partial charge on any atom is 0.338 e. The van der Waals surface area contributed by atoms with Gasteiger partial charge in [0.25, 0.3) is 0 Å². The lowest BCUT2D eigenvalue weighted by atomic mass is 10.2. The highest BCUT2D eigenvalue weighted by atomic mass is 28.4. The Hall–Kier alpha value is 0.137. The number of rotatable bonds is 9. The van der Waals surface area contributed by atoms with Crippen LogP contribution in [0.4, 0.5) is 0 Å². The minimum atomic E-state index is -1.86. The van der Waals surface area contributed by atoms with Crippen molar-refractivity contribution in [2.45, 2.75) is 59.5 Å². The van der Waals surface area contributed by atoms with Gasteiger partial charge in [-0.1, -0.05) is 27.2 Å². The van der Waals surface area contributed by atoms with Crippen LogP contribution < -0.4 is 0 Å². The van der Waals surface area contributed by atoms with Crippen molar-refractivity contribution in [1.29, 1.82) is 0 Å². The van der Waals surface area contributed by atoms with Crippen LogP contribution in [0.2, 0.25) is 12.1 Å². The lowest BCUT2D eigenvalue weighted by Crippen LogP contribution is -2.42. The van der Waals surface area contributed by atoms with Crippen molar-refractivity contribution < 1.29 is 8.85 Å². The first kappa shape index (κ1) is 15.1. The fourth-order valence-electron chi connectivity index (χ4n) is 1.87. The van der Waals surface area contributed by atoms with E-state index in [1.807, 2.05) is 0 Å². The Kier molecular flexibility index (Phi) is 8.38. The molecule has 0 saturated heterocycles. The molecule has 0 N–H and O–H groups in total. The quantitative estimate of drug-likeness (QED) is 0.560. The molecule has 0 aromatic rings. The van der Waals surface area contributed by atoms with E-state index in [0.29, 0.717) is 0 Å². The Bertz CT molecular complexity index is 132. The molecular weight excluding hydrogens is 204 g/mol. The predicted molar refractivity (Wildman–Crippen MR) is 68.4 cm³/mol. The Morgan fingerprint density at radius 3 is 1.80 bits per heavy atom. The lowest BCUT2D eigenvalue weighted by Gasteiger charge is -2.30. The highest BCUT2D eigenvalue weighted by Crippen LogP contribution is 2.25. The summed E-state index contributed by atoms with van der Waals surface area (Å²) in [6.07, 6.45) is 2.40. The third-order valence-electron chi connectivity index (χ3n) is 2.55. The SMILES string of the molecule is CCC[Si](CCC(C)C)(OCC)OCC. The molecule has 0 aromatic heterocycles. The van der Waals surface area contributed by atoms with E-state index < -0.39 is 8.56 Å². The van der Waals surface area contributed by atoms with Crippen LogP contribution in [0.3, 0.4) is 0 Å². The van der Waals surface area contributed by atoms with Gasteiger partial charge in [0, 0.05) is 13.2 Å². The second kappa shape index (κ2) is 8.31. The maximum absolute atomic E-state index is 5.98. The van der Waals surface area contributed by atoms with E-state index in [-0.39, 0.29) is 0 Å². The topological polar surface area (TPSA) is 18.5 Å². The molecule has 0 bridgehead atoms. The van der Waals surface area contributed by atoms with E-state index in [9.17, 15) is 0 Å². The third kappa shape index (κ3) is 6.33. The molecular formula is C12H28O2Si. The van der Waals surface area contributed by atoms with Crippen molar-refractivity contribution >= 4 is 8.56 Å². The van der Waals surface area contributed by atoms with E-state index in [2.05, 4.69) is 34.6 Å². The highest BCUT2D eigenvalue weighted by Gasteiger charge is 2.35. The van der Waals surface area contributed by atoms with Crippen LogP contribution in [0, 0.1) is 5.92 Å². The highest BCUT2D eigenvalue weighted by molar-refractivity contribution is 6.67. The summed E-state index contributed by atoms with van der Waals surface area (Å²) in [5.74, 6) is 0.745. The van der Waals surface area contributed by atoms with E-state index in [1.165, 1.54) is 12.8 Å². The average Bonchev–Trinajstić information content (AvgIpc) is 2.16. The molecule has 0 unspecified atom stereocenters. The smallest absolute Gasteiger partial charge is 0.338 e. The fraction of sp³-hybridized carbons (Fsp3) is 1.00. The van der Waals surface area contributed by atoms with E-state index in [1.54, 1.807) is 0 Å². The second-order valence-electron chi connectivity index (χ2n) is 4.46. The number of hydrogen-bond acceptors (Lipinski definition) is 2. The minimum Gasteiger partial charge on any atom is -0.394 e. The van der Waals surface area contributed by atoms with Crippen molar-refractivity contribution in [3.8, 4) is 0 Å². The summed E-state index contributed by atoms with van der Waals surface area (Å²) in [6.45, 7) is 12.5. The second-order valence-corrected chi connectivity index (χ2v) is 7.86.